The lowest BCUT2D eigenvalue weighted by molar-refractivity contribution is 0.122. The minimum Gasteiger partial charge on any atom is -0.379 e. The molecule has 0 aromatic rings. The summed E-state index contributed by atoms with van der Waals surface area (Å²) in [6.45, 7) is 12.1. The maximum atomic E-state index is 6.17. The third kappa shape index (κ3) is 2.51. The van der Waals surface area contributed by atoms with Gasteiger partial charge in [0.1, 0.15) is 0 Å². The van der Waals surface area contributed by atoms with Crippen molar-refractivity contribution in [1.29, 1.82) is 0 Å². The van der Waals surface area contributed by atoms with Crippen molar-refractivity contribution in [3.05, 3.63) is 0 Å². The minimum absolute atomic E-state index is 0.164. The van der Waals surface area contributed by atoms with Crippen LogP contribution in [-0.2, 0) is 4.74 Å². The maximum absolute atomic E-state index is 6.17. The van der Waals surface area contributed by atoms with Crippen LogP contribution in [0.5, 0.6) is 0 Å². The summed E-state index contributed by atoms with van der Waals surface area (Å²) in [4.78, 5) is 2.61. The van der Waals surface area contributed by atoms with Crippen molar-refractivity contribution in [2.24, 2.45) is 16.6 Å². The molecule has 2 fully saturated rings. The van der Waals surface area contributed by atoms with Crippen molar-refractivity contribution in [3.63, 3.8) is 0 Å². The van der Waals surface area contributed by atoms with Crippen LogP contribution in [0.2, 0.25) is 0 Å². The van der Waals surface area contributed by atoms with Gasteiger partial charge >= 0.3 is 0 Å². The molecule has 2 unspecified atom stereocenters. The van der Waals surface area contributed by atoms with Crippen molar-refractivity contribution >= 4 is 0 Å². The fourth-order valence-electron chi connectivity index (χ4n) is 3.39. The summed E-state index contributed by atoms with van der Waals surface area (Å²) in [5, 5.41) is 0. The first-order valence-corrected chi connectivity index (χ1v) is 7.09. The quantitative estimate of drug-likeness (QED) is 0.815. The van der Waals surface area contributed by atoms with Gasteiger partial charge in [0.2, 0.25) is 0 Å². The molecule has 2 saturated heterocycles. The van der Waals surface area contributed by atoms with E-state index < -0.39 is 0 Å². The predicted octanol–water partition coefficient (Wildman–Crippen LogP) is 1.86. The van der Waals surface area contributed by atoms with E-state index in [-0.39, 0.29) is 11.5 Å². The summed E-state index contributed by atoms with van der Waals surface area (Å²) in [6.07, 6.45) is 3.96. The second-order valence-corrected chi connectivity index (χ2v) is 6.44. The first-order chi connectivity index (χ1) is 8.03. The molecule has 0 aliphatic carbocycles. The molecule has 3 heteroatoms. The summed E-state index contributed by atoms with van der Waals surface area (Å²) in [7, 11) is 0. The topological polar surface area (TPSA) is 38.5 Å². The average molecular weight is 240 g/mol. The van der Waals surface area contributed by atoms with Gasteiger partial charge in [0.25, 0.3) is 0 Å². The van der Waals surface area contributed by atoms with Gasteiger partial charge in [-0.05, 0) is 31.2 Å². The Morgan fingerprint density at radius 1 is 1.35 bits per heavy atom. The largest absolute Gasteiger partial charge is 0.379 e. The molecule has 17 heavy (non-hydrogen) atoms. The Kier molecular flexibility index (Phi) is 3.81. The molecule has 2 aliphatic heterocycles. The Balaban J connectivity index is 1.93. The Morgan fingerprint density at radius 3 is 2.53 bits per heavy atom. The highest BCUT2D eigenvalue weighted by molar-refractivity contribution is 4.96. The van der Waals surface area contributed by atoms with E-state index in [1.54, 1.807) is 0 Å². The summed E-state index contributed by atoms with van der Waals surface area (Å²) >= 11 is 0. The van der Waals surface area contributed by atoms with Gasteiger partial charge in [-0.25, -0.2) is 0 Å². The second kappa shape index (κ2) is 4.87. The normalized spacial score (nSPS) is 37.8. The standard InChI is InChI=1S/C14H28N2O/c1-4-14(5-2)6-7-16(10-14)9-13(3)11-17-8-12(13)15/h12H,4-11,15H2,1-3H3. The van der Waals surface area contributed by atoms with Gasteiger partial charge < -0.3 is 15.4 Å². The smallest absolute Gasteiger partial charge is 0.0624 e. The molecule has 0 aromatic heterocycles. The summed E-state index contributed by atoms with van der Waals surface area (Å²) in [6, 6.07) is 0.209. The van der Waals surface area contributed by atoms with Gasteiger partial charge in [0, 0.05) is 24.5 Å². The molecule has 0 bridgehead atoms. The monoisotopic (exact) mass is 240 g/mol. The first-order valence-electron chi connectivity index (χ1n) is 7.09. The lowest BCUT2D eigenvalue weighted by atomic mass is 9.81. The molecule has 3 nitrogen and oxygen atoms in total. The SMILES string of the molecule is CCC1(CC)CCN(CC2(C)COCC2N)C1. The van der Waals surface area contributed by atoms with E-state index in [2.05, 4.69) is 25.7 Å². The number of nitrogens with zero attached hydrogens (tertiary/aromatic N) is 1. The minimum atomic E-state index is 0.164. The fraction of sp³-hybridized carbons (Fsp3) is 1.00. The zero-order valence-corrected chi connectivity index (χ0v) is 11.7. The molecule has 0 saturated carbocycles. The number of likely N-dealkylation sites (tertiary alicyclic amines) is 1. The van der Waals surface area contributed by atoms with Gasteiger partial charge in [0.15, 0.2) is 0 Å². The van der Waals surface area contributed by atoms with Crippen LogP contribution in [0, 0.1) is 10.8 Å². The molecule has 2 heterocycles. The van der Waals surface area contributed by atoms with Crippen molar-refractivity contribution in [3.8, 4) is 0 Å². The molecule has 0 aromatic carbocycles. The van der Waals surface area contributed by atoms with E-state index >= 15 is 0 Å². The molecule has 2 aliphatic rings. The Labute approximate surface area is 106 Å². The van der Waals surface area contributed by atoms with E-state index in [0.717, 1.165) is 19.8 Å². The summed E-state index contributed by atoms with van der Waals surface area (Å²) in [5.74, 6) is 0. The molecule has 2 rings (SSSR count). The first kappa shape index (κ1) is 13.3. The highest BCUT2D eigenvalue weighted by atomic mass is 16.5. The van der Waals surface area contributed by atoms with Crippen LogP contribution in [0.4, 0.5) is 0 Å². The third-order valence-corrected chi connectivity index (χ3v) is 5.23. The Bertz CT molecular complexity index is 265. The highest BCUT2D eigenvalue weighted by Crippen LogP contribution is 2.39. The lowest BCUT2D eigenvalue weighted by Gasteiger charge is -2.33. The number of rotatable bonds is 4. The molecular formula is C14H28N2O. The molecule has 0 amide bonds. The molecule has 0 spiro atoms. The van der Waals surface area contributed by atoms with Gasteiger partial charge in [-0.15, -0.1) is 0 Å². The van der Waals surface area contributed by atoms with Crippen LogP contribution in [0.15, 0.2) is 0 Å². The van der Waals surface area contributed by atoms with Crippen LogP contribution >= 0.6 is 0 Å². The van der Waals surface area contributed by atoms with E-state index in [1.165, 1.54) is 32.4 Å². The van der Waals surface area contributed by atoms with Crippen LogP contribution < -0.4 is 5.73 Å². The van der Waals surface area contributed by atoms with Crippen LogP contribution in [0.25, 0.3) is 0 Å². The predicted molar refractivity (Wildman–Crippen MR) is 71.0 cm³/mol. The number of hydrogen-bond acceptors (Lipinski definition) is 3. The van der Waals surface area contributed by atoms with Crippen molar-refractivity contribution in [2.45, 2.75) is 46.1 Å². The lowest BCUT2D eigenvalue weighted by Crippen LogP contribution is -2.46. The van der Waals surface area contributed by atoms with E-state index in [9.17, 15) is 0 Å². The van der Waals surface area contributed by atoms with E-state index in [0.29, 0.717) is 5.41 Å². The van der Waals surface area contributed by atoms with Gasteiger partial charge in [-0.3, -0.25) is 0 Å². The van der Waals surface area contributed by atoms with Gasteiger partial charge in [-0.1, -0.05) is 20.8 Å². The van der Waals surface area contributed by atoms with Crippen LogP contribution in [0.1, 0.15) is 40.0 Å². The van der Waals surface area contributed by atoms with Crippen molar-refractivity contribution < 1.29 is 4.74 Å². The summed E-state index contributed by atoms with van der Waals surface area (Å²) in [5.41, 5.74) is 6.91. The third-order valence-electron chi connectivity index (χ3n) is 5.23. The van der Waals surface area contributed by atoms with E-state index in [4.69, 9.17) is 10.5 Å². The van der Waals surface area contributed by atoms with Crippen molar-refractivity contribution in [2.75, 3.05) is 32.8 Å². The van der Waals surface area contributed by atoms with Crippen LogP contribution in [0.3, 0.4) is 0 Å². The second-order valence-electron chi connectivity index (χ2n) is 6.44. The fourth-order valence-corrected chi connectivity index (χ4v) is 3.39. The molecule has 0 radical (unpaired) electrons. The van der Waals surface area contributed by atoms with Crippen molar-refractivity contribution in [1.82, 2.24) is 4.90 Å². The Hall–Kier alpha value is -0.120. The molecular weight excluding hydrogens is 212 g/mol. The van der Waals surface area contributed by atoms with Crippen LogP contribution in [-0.4, -0.2) is 43.8 Å². The summed E-state index contributed by atoms with van der Waals surface area (Å²) < 4.78 is 5.54. The maximum Gasteiger partial charge on any atom is 0.0624 e. The molecule has 2 N–H and O–H groups in total. The molecule has 2 atom stereocenters. The number of nitrogens with two attached hydrogens (primary N) is 1. The Morgan fingerprint density at radius 2 is 2.06 bits per heavy atom. The molecule has 100 valence electrons. The average Bonchev–Trinajstić information content (AvgIpc) is 2.86. The highest BCUT2D eigenvalue weighted by Gasteiger charge is 2.42. The number of ether oxygens (including phenoxy) is 1. The number of hydrogen-bond donors (Lipinski definition) is 1. The zero-order valence-electron chi connectivity index (χ0n) is 11.7. The van der Waals surface area contributed by atoms with Gasteiger partial charge in [0.05, 0.1) is 13.2 Å². The van der Waals surface area contributed by atoms with Gasteiger partial charge in [-0.2, -0.15) is 0 Å². The van der Waals surface area contributed by atoms with E-state index in [1.807, 2.05) is 0 Å². The zero-order chi connectivity index (χ0) is 12.5.